The average molecular weight is 242 g/mol. The Morgan fingerprint density at radius 3 is 2.78 bits per heavy atom. The van der Waals surface area contributed by atoms with E-state index in [9.17, 15) is 0 Å². The van der Waals surface area contributed by atoms with Gasteiger partial charge in [-0.1, -0.05) is 25.1 Å². The number of benzene rings is 1. The summed E-state index contributed by atoms with van der Waals surface area (Å²) in [6, 6.07) is 13.7. The molecule has 0 aliphatic carbocycles. The molecule has 0 amide bonds. The molecule has 1 aromatic carbocycles. The highest BCUT2D eigenvalue weighted by atomic mass is 16.5. The Bertz CT molecular complexity index is 511. The van der Waals surface area contributed by atoms with Crippen molar-refractivity contribution in [3.05, 3.63) is 48.0 Å². The van der Waals surface area contributed by atoms with Crippen LogP contribution in [0.2, 0.25) is 0 Å². The topological polar surface area (TPSA) is 34.1 Å². The van der Waals surface area contributed by atoms with Gasteiger partial charge in [0, 0.05) is 12.6 Å². The van der Waals surface area contributed by atoms with Crippen LogP contribution in [0.4, 0.5) is 5.82 Å². The number of aromatic nitrogens is 1. The van der Waals surface area contributed by atoms with E-state index in [0.717, 1.165) is 24.5 Å². The summed E-state index contributed by atoms with van der Waals surface area (Å²) in [5.74, 6) is 2.28. The first kappa shape index (κ1) is 12.4. The van der Waals surface area contributed by atoms with Gasteiger partial charge in [-0.15, -0.1) is 0 Å². The quantitative estimate of drug-likeness (QED) is 0.860. The predicted molar refractivity (Wildman–Crippen MR) is 74.3 cm³/mol. The molecule has 0 unspecified atom stereocenters. The first-order valence-electron chi connectivity index (χ1n) is 6.23. The maximum Gasteiger partial charge on any atom is 0.221 e. The number of anilines is 1. The summed E-state index contributed by atoms with van der Waals surface area (Å²) in [6.07, 6.45) is 1.07. The molecule has 0 radical (unpaired) electrons. The smallest absolute Gasteiger partial charge is 0.221 e. The number of rotatable bonds is 5. The summed E-state index contributed by atoms with van der Waals surface area (Å²) in [6.45, 7) is 5.08. The molecule has 3 heteroatoms. The minimum absolute atomic E-state index is 0.613. The summed E-state index contributed by atoms with van der Waals surface area (Å²) in [5, 5.41) is 3.24. The number of nitrogens with zero attached hydrogens (tertiary/aromatic N) is 1. The minimum atomic E-state index is 0.613. The van der Waals surface area contributed by atoms with Gasteiger partial charge in [0.05, 0.1) is 0 Å². The van der Waals surface area contributed by atoms with Gasteiger partial charge in [0.25, 0.3) is 0 Å². The summed E-state index contributed by atoms with van der Waals surface area (Å²) >= 11 is 0. The van der Waals surface area contributed by atoms with E-state index in [0.29, 0.717) is 5.88 Å². The highest BCUT2D eigenvalue weighted by Gasteiger charge is 2.00. The van der Waals surface area contributed by atoms with E-state index < -0.39 is 0 Å². The molecule has 0 bridgehead atoms. The third-order valence-electron chi connectivity index (χ3n) is 2.49. The van der Waals surface area contributed by atoms with Crippen LogP contribution in [0.5, 0.6) is 11.6 Å². The van der Waals surface area contributed by atoms with Crippen molar-refractivity contribution in [1.82, 2.24) is 4.98 Å². The average Bonchev–Trinajstić information content (AvgIpc) is 2.37. The van der Waals surface area contributed by atoms with Gasteiger partial charge in [-0.25, -0.2) is 0 Å². The second kappa shape index (κ2) is 6.05. The van der Waals surface area contributed by atoms with Crippen LogP contribution < -0.4 is 10.1 Å². The molecular weight excluding hydrogens is 224 g/mol. The lowest BCUT2D eigenvalue weighted by Crippen LogP contribution is -2.02. The lowest BCUT2D eigenvalue weighted by atomic mass is 10.2. The van der Waals surface area contributed by atoms with E-state index in [1.165, 1.54) is 5.56 Å². The van der Waals surface area contributed by atoms with E-state index in [-0.39, 0.29) is 0 Å². The van der Waals surface area contributed by atoms with Crippen LogP contribution in [-0.2, 0) is 0 Å². The highest BCUT2D eigenvalue weighted by Crippen LogP contribution is 2.21. The molecule has 1 heterocycles. The van der Waals surface area contributed by atoms with Gasteiger partial charge in [0.2, 0.25) is 5.88 Å². The summed E-state index contributed by atoms with van der Waals surface area (Å²) in [7, 11) is 0. The molecule has 3 nitrogen and oxygen atoms in total. The molecule has 0 saturated heterocycles. The van der Waals surface area contributed by atoms with Crippen LogP contribution in [0, 0.1) is 6.92 Å². The van der Waals surface area contributed by atoms with Crippen LogP contribution in [0.15, 0.2) is 42.5 Å². The van der Waals surface area contributed by atoms with Crippen molar-refractivity contribution < 1.29 is 4.74 Å². The highest BCUT2D eigenvalue weighted by molar-refractivity contribution is 5.38. The third-order valence-corrected chi connectivity index (χ3v) is 2.49. The summed E-state index contributed by atoms with van der Waals surface area (Å²) in [5.41, 5.74) is 1.17. The van der Waals surface area contributed by atoms with Crippen LogP contribution in [0.3, 0.4) is 0 Å². The van der Waals surface area contributed by atoms with E-state index in [2.05, 4.69) is 17.2 Å². The van der Waals surface area contributed by atoms with E-state index in [1.807, 2.05) is 49.4 Å². The third kappa shape index (κ3) is 3.48. The van der Waals surface area contributed by atoms with Gasteiger partial charge < -0.3 is 10.1 Å². The molecule has 1 aromatic heterocycles. The van der Waals surface area contributed by atoms with E-state index in [1.54, 1.807) is 0 Å². The normalized spacial score (nSPS) is 10.1. The molecule has 94 valence electrons. The van der Waals surface area contributed by atoms with Gasteiger partial charge in [0.15, 0.2) is 0 Å². The molecule has 0 spiro atoms. The molecule has 0 atom stereocenters. The van der Waals surface area contributed by atoms with Crippen LogP contribution in [0.1, 0.15) is 18.9 Å². The maximum atomic E-state index is 5.73. The predicted octanol–water partition coefficient (Wildman–Crippen LogP) is 4.00. The summed E-state index contributed by atoms with van der Waals surface area (Å²) in [4.78, 5) is 4.40. The Labute approximate surface area is 108 Å². The second-order valence-corrected chi connectivity index (χ2v) is 4.21. The number of pyridine rings is 1. The van der Waals surface area contributed by atoms with Crippen molar-refractivity contribution in [2.24, 2.45) is 0 Å². The second-order valence-electron chi connectivity index (χ2n) is 4.21. The molecule has 18 heavy (non-hydrogen) atoms. The summed E-state index contributed by atoms with van der Waals surface area (Å²) < 4.78 is 5.73. The molecular formula is C15H18N2O. The zero-order valence-corrected chi connectivity index (χ0v) is 10.8. The number of hydrogen-bond acceptors (Lipinski definition) is 3. The fourth-order valence-corrected chi connectivity index (χ4v) is 1.62. The molecule has 1 N–H and O–H groups in total. The van der Waals surface area contributed by atoms with Crippen molar-refractivity contribution in [2.75, 3.05) is 11.9 Å². The SMILES string of the molecule is CCCNc1cccc(Oc2cccc(C)c2)n1. The van der Waals surface area contributed by atoms with E-state index >= 15 is 0 Å². The Morgan fingerprint density at radius 1 is 1.17 bits per heavy atom. The Hall–Kier alpha value is -2.03. The van der Waals surface area contributed by atoms with Gasteiger partial charge in [-0.05, 0) is 37.1 Å². The molecule has 0 saturated carbocycles. The fourth-order valence-electron chi connectivity index (χ4n) is 1.62. The first-order chi connectivity index (χ1) is 8.78. The van der Waals surface area contributed by atoms with Crippen molar-refractivity contribution in [1.29, 1.82) is 0 Å². The maximum absolute atomic E-state index is 5.73. The van der Waals surface area contributed by atoms with Gasteiger partial charge in [-0.2, -0.15) is 4.98 Å². The van der Waals surface area contributed by atoms with Crippen molar-refractivity contribution >= 4 is 5.82 Å². The molecule has 0 aliphatic heterocycles. The van der Waals surface area contributed by atoms with Crippen LogP contribution in [0.25, 0.3) is 0 Å². The molecule has 2 rings (SSSR count). The largest absolute Gasteiger partial charge is 0.439 e. The molecule has 0 fully saturated rings. The van der Waals surface area contributed by atoms with Crippen molar-refractivity contribution in [3.8, 4) is 11.6 Å². The lowest BCUT2D eigenvalue weighted by Gasteiger charge is -2.08. The van der Waals surface area contributed by atoms with Crippen molar-refractivity contribution in [3.63, 3.8) is 0 Å². The zero-order chi connectivity index (χ0) is 12.8. The van der Waals surface area contributed by atoms with Gasteiger partial charge >= 0.3 is 0 Å². The monoisotopic (exact) mass is 242 g/mol. The molecule has 2 aromatic rings. The van der Waals surface area contributed by atoms with Gasteiger partial charge in [0.1, 0.15) is 11.6 Å². The zero-order valence-electron chi connectivity index (χ0n) is 10.8. The van der Waals surface area contributed by atoms with Crippen LogP contribution in [-0.4, -0.2) is 11.5 Å². The Balaban J connectivity index is 2.09. The Kier molecular flexibility index (Phi) is 4.18. The van der Waals surface area contributed by atoms with E-state index in [4.69, 9.17) is 4.74 Å². The minimum Gasteiger partial charge on any atom is -0.439 e. The number of aryl methyl sites for hydroxylation is 1. The standard InChI is InChI=1S/C15H18N2O/c1-3-10-16-14-8-5-9-15(17-14)18-13-7-4-6-12(2)11-13/h4-9,11H,3,10H2,1-2H3,(H,16,17). The number of nitrogens with one attached hydrogen (secondary N) is 1. The number of ether oxygens (including phenoxy) is 1. The lowest BCUT2D eigenvalue weighted by molar-refractivity contribution is 0.463. The van der Waals surface area contributed by atoms with Gasteiger partial charge in [-0.3, -0.25) is 0 Å². The first-order valence-corrected chi connectivity index (χ1v) is 6.23. The molecule has 0 aliphatic rings. The number of hydrogen-bond donors (Lipinski definition) is 1. The van der Waals surface area contributed by atoms with Crippen LogP contribution >= 0.6 is 0 Å². The van der Waals surface area contributed by atoms with Crippen molar-refractivity contribution in [2.45, 2.75) is 20.3 Å². The Morgan fingerprint density at radius 2 is 2.00 bits per heavy atom. The fraction of sp³-hybridized carbons (Fsp3) is 0.267.